The topological polar surface area (TPSA) is 25.8 Å². The van der Waals surface area contributed by atoms with Gasteiger partial charge in [-0.15, -0.1) is 0 Å². The van der Waals surface area contributed by atoms with Crippen molar-refractivity contribution in [2.75, 3.05) is 0 Å². The highest BCUT2D eigenvalue weighted by Crippen LogP contribution is 2.14. The maximum Gasteiger partial charge on any atom is 0.0887 e. The summed E-state index contributed by atoms with van der Waals surface area (Å²) in [5.74, 6) is 12.5. The lowest BCUT2D eigenvalue weighted by Crippen LogP contribution is -1.89. The van der Waals surface area contributed by atoms with Crippen LogP contribution in [0, 0.1) is 23.7 Å². The fraction of sp³-hybridized carbons (Fsp3) is 0. The van der Waals surface area contributed by atoms with E-state index in [9.17, 15) is 0 Å². The molecule has 4 aromatic rings. The van der Waals surface area contributed by atoms with Crippen LogP contribution < -0.4 is 0 Å². The monoisotopic (exact) mass is 356 g/mol. The van der Waals surface area contributed by atoms with Crippen molar-refractivity contribution < 1.29 is 0 Å². The summed E-state index contributed by atoms with van der Waals surface area (Å²) in [4.78, 5) is 8.97. The van der Waals surface area contributed by atoms with E-state index >= 15 is 0 Å². The molecule has 0 fully saturated rings. The van der Waals surface area contributed by atoms with Crippen molar-refractivity contribution in [1.82, 2.24) is 9.97 Å². The Kier molecular flexibility index (Phi) is 5.24. The summed E-state index contributed by atoms with van der Waals surface area (Å²) in [5.41, 5.74) is 5.34. The number of rotatable bonds is 1. The van der Waals surface area contributed by atoms with Crippen molar-refractivity contribution in [2.45, 2.75) is 0 Å². The van der Waals surface area contributed by atoms with Gasteiger partial charge < -0.3 is 0 Å². The third kappa shape index (κ3) is 4.52. The molecule has 0 atom stereocenters. The van der Waals surface area contributed by atoms with Crippen LogP contribution >= 0.6 is 0 Å². The Morgan fingerprint density at radius 3 is 1.14 bits per heavy atom. The van der Waals surface area contributed by atoms with Crippen LogP contribution in [-0.2, 0) is 0 Å². The number of aromatic nitrogens is 2. The minimum atomic E-state index is 0.813. The first-order valence-electron chi connectivity index (χ1n) is 8.93. The molecule has 0 aliphatic carbocycles. The minimum absolute atomic E-state index is 0.813. The average Bonchev–Trinajstić information content (AvgIpc) is 2.78. The van der Waals surface area contributed by atoms with Gasteiger partial charge in [0, 0.05) is 34.6 Å². The molecule has 2 aromatic carbocycles. The first kappa shape index (κ1) is 17.3. The third-order valence-corrected chi connectivity index (χ3v) is 4.04. The van der Waals surface area contributed by atoms with Crippen LogP contribution in [0.5, 0.6) is 0 Å². The SMILES string of the molecule is C(#Cc1ccc(-c2ccc(C#Cc3ccccc3)cn2)nc1)c1ccccc1. The zero-order chi connectivity index (χ0) is 19.0. The maximum atomic E-state index is 4.48. The lowest BCUT2D eigenvalue weighted by Gasteiger charge is -2.00. The highest BCUT2D eigenvalue weighted by Gasteiger charge is 2.00. The molecule has 2 aromatic heterocycles. The Bertz CT molecular complexity index is 1070. The summed E-state index contributed by atoms with van der Waals surface area (Å²) >= 11 is 0. The van der Waals surface area contributed by atoms with Gasteiger partial charge in [-0.3, -0.25) is 9.97 Å². The van der Waals surface area contributed by atoms with Crippen LogP contribution in [0.4, 0.5) is 0 Å². The Morgan fingerprint density at radius 2 is 0.786 bits per heavy atom. The number of pyridine rings is 2. The molecule has 0 saturated heterocycles. The van der Waals surface area contributed by atoms with Crippen LogP contribution in [0.1, 0.15) is 22.3 Å². The average molecular weight is 356 g/mol. The standard InChI is InChI=1S/C26H16N2/c1-3-7-21(8-4-1)11-13-23-15-17-25(27-19-23)26-18-16-24(20-28-26)14-12-22-9-5-2-6-10-22/h1-10,15-20H. The second kappa shape index (κ2) is 8.49. The molecule has 0 bridgehead atoms. The van der Waals surface area contributed by atoms with Crippen LogP contribution in [0.15, 0.2) is 97.3 Å². The van der Waals surface area contributed by atoms with Gasteiger partial charge in [0.05, 0.1) is 11.4 Å². The zero-order valence-electron chi connectivity index (χ0n) is 15.1. The Hall–Kier alpha value is -4.14. The number of hydrogen-bond donors (Lipinski definition) is 0. The van der Waals surface area contributed by atoms with Crippen LogP contribution in [0.3, 0.4) is 0 Å². The van der Waals surface area contributed by atoms with Crippen LogP contribution in [0.2, 0.25) is 0 Å². The van der Waals surface area contributed by atoms with Crippen molar-refractivity contribution in [2.24, 2.45) is 0 Å². The van der Waals surface area contributed by atoms with Crippen LogP contribution in [-0.4, -0.2) is 9.97 Å². The molecule has 0 unspecified atom stereocenters. The number of hydrogen-bond acceptors (Lipinski definition) is 2. The van der Waals surface area contributed by atoms with E-state index in [4.69, 9.17) is 0 Å². The lowest BCUT2D eigenvalue weighted by molar-refractivity contribution is 1.24. The van der Waals surface area contributed by atoms with Gasteiger partial charge in [-0.25, -0.2) is 0 Å². The summed E-state index contributed by atoms with van der Waals surface area (Å²) in [5, 5.41) is 0. The molecule has 2 heteroatoms. The molecule has 2 heterocycles. The predicted molar refractivity (Wildman–Crippen MR) is 112 cm³/mol. The van der Waals surface area contributed by atoms with E-state index in [0.29, 0.717) is 0 Å². The molecule has 0 N–H and O–H groups in total. The van der Waals surface area contributed by atoms with Gasteiger partial charge in [0.2, 0.25) is 0 Å². The van der Waals surface area contributed by atoms with E-state index in [0.717, 1.165) is 33.6 Å². The predicted octanol–water partition coefficient (Wildman–Crippen LogP) is 4.94. The normalized spacial score (nSPS) is 9.57. The van der Waals surface area contributed by atoms with Gasteiger partial charge in [0.15, 0.2) is 0 Å². The summed E-state index contributed by atoms with van der Waals surface area (Å²) in [6.45, 7) is 0. The molecule has 0 saturated carbocycles. The fourth-order valence-electron chi connectivity index (χ4n) is 2.57. The van der Waals surface area contributed by atoms with E-state index in [-0.39, 0.29) is 0 Å². The second-order valence-corrected chi connectivity index (χ2v) is 6.10. The van der Waals surface area contributed by atoms with Crippen molar-refractivity contribution in [3.05, 3.63) is 120 Å². The van der Waals surface area contributed by atoms with E-state index in [1.807, 2.05) is 84.9 Å². The summed E-state index contributed by atoms with van der Waals surface area (Å²) < 4.78 is 0. The maximum absolute atomic E-state index is 4.48. The van der Waals surface area contributed by atoms with Gasteiger partial charge in [0.1, 0.15) is 0 Å². The summed E-state index contributed by atoms with van der Waals surface area (Å²) in [6.07, 6.45) is 3.55. The number of nitrogens with zero attached hydrogens (tertiary/aromatic N) is 2. The Morgan fingerprint density at radius 1 is 0.393 bits per heavy atom. The highest BCUT2D eigenvalue weighted by molar-refractivity contribution is 5.56. The van der Waals surface area contributed by atoms with E-state index in [1.54, 1.807) is 12.4 Å². The Balaban J connectivity index is 1.48. The quantitative estimate of drug-likeness (QED) is 0.451. The fourth-order valence-corrected chi connectivity index (χ4v) is 2.57. The van der Waals surface area contributed by atoms with E-state index in [2.05, 4.69) is 33.6 Å². The molecular formula is C26H16N2. The molecule has 0 aliphatic heterocycles. The van der Waals surface area contributed by atoms with Crippen LogP contribution in [0.25, 0.3) is 11.4 Å². The molecule has 0 aliphatic rings. The second-order valence-electron chi connectivity index (χ2n) is 6.10. The van der Waals surface area contributed by atoms with Crippen molar-refractivity contribution in [3.8, 4) is 35.1 Å². The molecule has 4 rings (SSSR count). The molecule has 0 amide bonds. The summed E-state index contributed by atoms with van der Waals surface area (Å²) in [7, 11) is 0. The first-order chi connectivity index (χ1) is 13.9. The zero-order valence-corrected chi connectivity index (χ0v) is 15.1. The largest absolute Gasteiger partial charge is 0.253 e. The van der Waals surface area contributed by atoms with Gasteiger partial charge in [-0.2, -0.15) is 0 Å². The van der Waals surface area contributed by atoms with Crippen molar-refractivity contribution >= 4 is 0 Å². The Labute approximate surface area is 165 Å². The molecule has 2 nitrogen and oxygen atoms in total. The molecule has 28 heavy (non-hydrogen) atoms. The van der Waals surface area contributed by atoms with Gasteiger partial charge in [0.25, 0.3) is 0 Å². The lowest BCUT2D eigenvalue weighted by atomic mass is 10.1. The smallest absolute Gasteiger partial charge is 0.0887 e. The molecule has 130 valence electrons. The van der Waals surface area contributed by atoms with Gasteiger partial charge in [-0.05, 0) is 48.5 Å². The van der Waals surface area contributed by atoms with E-state index in [1.165, 1.54) is 0 Å². The minimum Gasteiger partial charge on any atom is -0.253 e. The van der Waals surface area contributed by atoms with E-state index < -0.39 is 0 Å². The molecular weight excluding hydrogens is 340 g/mol. The highest BCUT2D eigenvalue weighted by atomic mass is 14.8. The van der Waals surface area contributed by atoms with Crippen molar-refractivity contribution in [3.63, 3.8) is 0 Å². The number of benzene rings is 2. The third-order valence-electron chi connectivity index (χ3n) is 4.04. The molecule has 0 spiro atoms. The summed E-state index contributed by atoms with van der Waals surface area (Å²) in [6, 6.07) is 27.6. The van der Waals surface area contributed by atoms with Gasteiger partial charge in [-0.1, -0.05) is 60.1 Å². The first-order valence-corrected chi connectivity index (χ1v) is 8.93. The van der Waals surface area contributed by atoms with Gasteiger partial charge >= 0.3 is 0 Å². The molecule has 0 radical (unpaired) electrons. The van der Waals surface area contributed by atoms with Crippen molar-refractivity contribution in [1.29, 1.82) is 0 Å².